The van der Waals surface area contributed by atoms with Crippen LogP contribution in [0.3, 0.4) is 0 Å². The molecule has 0 saturated heterocycles. The van der Waals surface area contributed by atoms with Crippen LogP contribution in [0.25, 0.3) is 0 Å². The molecule has 0 bridgehead atoms. The highest BCUT2D eigenvalue weighted by Gasteiger charge is 2.16. The third-order valence-corrected chi connectivity index (χ3v) is 4.33. The molecule has 1 aromatic carbocycles. The molecule has 1 aromatic rings. The third-order valence-electron chi connectivity index (χ3n) is 4.33. The van der Waals surface area contributed by atoms with Crippen molar-refractivity contribution in [1.29, 1.82) is 0 Å². The Bertz CT molecular complexity index is 523. The first-order valence-electron chi connectivity index (χ1n) is 9.08. The van der Waals surface area contributed by atoms with E-state index in [1.54, 1.807) is 0 Å². The molecule has 3 N–H and O–H groups in total. The van der Waals surface area contributed by atoms with Gasteiger partial charge in [0.05, 0.1) is 12.6 Å². The van der Waals surface area contributed by atoms with Crippen LogP contribution >= 0.6 is 0 Å². The normalized spacial score (nSPS) is 16.7. The summed E-state index contributed by atoms with van der Waals surface area (Å²) in [5.41, 5.74) is 1.21. The molecule has 5 nitrogen and oxygen atoms in total. The van der Waals surface area contributed by atoms with E-state index in [9.17, 15) is 4.79 Å². The SMILES string of the molecule is CCNC(=NCCC(=O)NC1CCCC1)NC(C)c1ccccc1. The van der Waals surface area contributed by atoms with E-state index in [0.717, 1.165) is 25.3 Å². The highest BCUT2D eigenvalue weighted by Crippen LogP contribution is 2.17. The van der Waals surface area contributed by atoms with Gasteiger partial charge in [-0.2, -0.15) is 0 Å². The van der Waals surface area contributed by atoms with E-state index in [4.69, 9.17) is 0 Å². The summed E-state index contributed by atoms with van der Waals surface area (Å²) < 4.78 is 0. The Balaban J connectivity index is 1.80. The zero-order valence-corrected chi connectivity index (χ0v) is 14.8. The summed E-state index contributed by atoms with van der Waals surface area (Å²) in [5, 5.41) is 9.73. The Labute approximate surface area is 145 Å². The third kappa shape index (κ3) is 6.22. The van der Waals surface area contributed by atoms with Crippen LogP contribution in [-0.2, 0) is 4.79 Å². The average molecular weight is 330 g/mol. The van der Waals surface area contributed by atoms with Gasteiger partial charge in [0.1, 0.15) is 0 Å². The van der Waals surface area contributed by atoms with Crippen molar-refractivity contribution in [2.24, 2.45) is 4.99 Å². The molecule has 1 amide bonds. The molecule has 1 fully saturated rings. The number of hydrogen-bond acceptors (Lipinski definition) is 2. The second-order valence-corrected chi connectivity index (χ2v) is 6.34. The summed E-state index contributed by atoms with van der Waals surface area (Å²) >= 11 is 0. The van der Waals surface area contributed by atoms with Crippen LogP contribution in [0.5, 0.6) is 0 Å². The van der Waals surface area contributed by atoms with E-state index in [1.807, 2.05) is 25.1 Å². The number of amides is 1. The van der Waals surface area contributed by atoms with Crippen LogP contribution in [-0.4, -0.2) is 31.0 Å². The fourth-order valence-corrected chi connectivity index (χ4v) is 2.99. The monoisotopic (exact) mass is 330 g/mol. The van der Waals surface area contributed by atoms with Gasteiger partial charge in [-0.3, -0.25) is 9.79 Å². The Hall–Kier alpha value is -2.04. The topological polar surface area (TPSA) is 65.5 Å². The molecule has 0 aliphatic heterocycles. The second-order valence-electron chi connectivity index (χ2n) is 6.34. The van der Waals surface area contributed by atoms with E-state index in [1.165, 1.54) is 18.4 Å². The number of carbonyl (C=O) groups excluding carboxylic acids is 1. The van der Waals surface area contributed by atoms with Crippen LogP contribution in [0.2, 0.25) is 0 Å². The molecule has 0 aromatic heterocycles. The van der Waals surface area contributed by atoms with Crippen molar-refractivity contribution in [3.8, 4) is 0 Å². The molecule has 1 aliphatic carbocycles. The molecule has 132 valence electrons. The summed E-state index contributed by atoms with van der Waals surface area (Å²) in [6.45, 7) is 5.43. The number of benzene rings is 1. The van der Waals surface area contributed by atoms with Crippen molar-refractivity contribution >= 4 is 11.9 Å². The molecule has 1 aliphatic rings. The summed E-state index contributed by atoms with van der Waals surface area (Å²) in [6, 6.07) is 10.8. The van der Waals surface area contributed by atoms with Gasteiger partial charge in [0.25, 0.3) is 0 Å². The van der Waals surface area contributed by atoms with E-state index in [-0.39, 0.29) is 11.9 Å². The van der Waals surface area contributed by atoms with Crippen molar-refractivity contribution in [2.45, 2.75) is 58.0 Å². The van der Waals surface area contributed by atoms with Gasteiger partial charge in [0, 0.05) is 19.0 Å². The van der Waals surface area contributed by atoms with Crippen LogP contribution in [0.1, 0.15) is 57.6 Å². The standard InChI is InChI=1S/C19H30N4O/c1-3-20-19(22-15(2)16-9-5-4-6-10-16)21-14-13-18(24)23-17-11-7-8-12-17/h4-6,9-10,15,17H,3,7-8,11-14H2,1-2H3,(H,23,24)(H2,20,21,22). The summed E-state index contributed by atoms with van der Waals surface area (Å²) in [5.74, 6) is 0.861. The van der Waals surface area contributed by atoms with Crippen molar-refractivity contribution in [2.75, 3.05) is 13.1 Å². The summed E-state index contributed by atoms with van der Waals surface area (Å²) in [4.78, 5) is 16.5. The van der Waals surface area contributed by atoms with E-state index >= 15 is 0 Å². The van der Waals surface area contributed by atoms with Gasteiger partial charge < -0.3 is 16.0 Å². The Kier molecular flexibility index (Phi) is 7.59. The van der Waals surface area contributed by atoms with Gasteiger partial charge in [-0.15, -0.1) is 0 Å². The smallest absolute Gasteiger partial charge is 0.222 e. The maximum absolute atomic E-state index is 12.0. The first kappa shape index (κ1) is 18.3. The summed E-state index contributed by atoms with van der Waals surface area (Å²) in [7, 11) is 0. The van der Waals surface area contributed by atoms with Crippen LogP contribution in [0, 0.1) is 0 Å². The van der Waals surface area contributed by atoms with Crippen molar-refractivity contribution in [3.63, 3.8) is 0 Å². The quantitative estimate of drug-likeness (QED) is 0.532. The van der Waals surface area contributed by atoms with Crippen LogP contribution < -0.4 is 16.0 Å². The fourth-order valence-electron chi connectivity index (χ4n) is 2.99. The first-order valence-corrected chi connectivity index (χ1v) is 9.08. The van der Waals surface area contributed by atoms with Gasteiger partial charge in [-0.1, -0.05) is 43.2 Å². The molecular formula is C19H30N4O. The number of nitrogens with zero attached hydrogens (tertiary/aromatic N) is 1. The molecule has 2 rings (SSSR count). The molecule has 0 heterocycles. The number of guanidine groups is 1. The largest absolute Gasteiger partial charge is 0.357 e. The molecule has 1 atom stereocenters. The van der Waals surface area contributed by atoms with Gasteiger partial charge in [0.2, 0.25) is 5.91 Å². The predicted octanol–water partition coefficient (Wildman–Crippen LogP) is 2.75. The lowest BCUT2D eigenvalue weighted by Gasteiger charge is -2.18. The maximum Gasteiger partial charge on any atom is 0.222 e. The Morgan fingerprint density at radius 3 is 2.62 bits per heavy atom. The molecule has 1 unspecified atom stereocenters. The van der Waals surface area contributed by atoms with Crippen molar-refractivity contribution in [3.05, 3.63) is 35.9 Å². The number of rotatable bonds is 7. The van der Waals surface area contributed by atoms with E-state index in [0.29, 0.717) is 19.0 Å². The Morgan fingerprint density at radius 1 is 1.25 bits per heavy atom. The minimum absolute atomic E-state index is 0.109. The van der Waals surface area contributed by atoms with E-state index in [2.05, 4.69) is 40.0 Å². The summed E-state index contributed by atoms with van der Waals surface area (Å²) in [6.07, 6.45) is 5.14. The van der Waals surface area contributed by atoms with Gasteiger partial charge in [-0.05, 0) is 32.3 Å². The number of nitrogens with one attached hydrogen (secondary N) is 3. The number of carbonyl (C=O) groups is 1. The average Bonchev–Trinajstić information content (AvgIpc) is 3.08. The molecule has 5 heteroatoms. The second kappa shape index (κ2) is 9.96. The highest BCUT2D eigenvalue weighted by atomic mass is 16.1. The predicted molar refractivity (Wildman–Crippen MR) is 99.0 cm³/mol. The minimum atomic E-state index is 0.109. The molecular weight excluding hydrogens is 300 g/mol. The minimum Gasteiger partial charge on any atom is -0.357 e. The molecule has 1 saturated carbocycles. The van der Waals surface area contributed by atoms with E-state index < -0.39 is 0 Å². The highest BCUT2D eigenvalue weighted by molar-refractivity contribution is 5.81. The van der Waals surface area contributed by atoms with Crippen molar-refractivity contribution in [1.82, 2.24) is 16.0 Å². The lowest BCUT2D eigenvalue weighted by atomic mass is 10.1. The lowest BCUT2D eigenvalue weighted by molar-refractivity contribution is -0.121. The van der Waals surface area contributed by atoms with Gasteiger partial charge in [-0.25, -0.2) is 0 Å². The van der Waals surface area contributed by atoms with Crippen LogP contribution in [0.15, 0.2) is 35.3 Å². The zero-order valence-electron chi connectivity index (χ0n) is 14.8. The fraction of sp³-hybridized carbons (Fsp3) is 0.579. The van der Waals surface area contributed by atoms with Gasteiger partial charge in [0.15, 0.2) is 5.96 Å². The lowest BCUT2D eigenvalue weighted by Crippen LogP contribution is -2.39. The number of aliphatic imine (C=N–C) groups is 1. The zero-order chi connectivity index (χ0) is 17.2. The molecule has 0 radical (unpaired) electrons. The molecule has 0 spiro atoms. The van der Waals surface area contributed by atoms with Crippen molar-refractivity contribution < 1.29 is 4.79 Å². The molecule has 24 heavy (non-hydrogen) atoms. The number of hydrogen-bond donors (Lipinski definition) is 3. The maximum atomic E-state index is 12.0. The Morgan fingerprint density at radius 2 is 1.96 bits per heavy atom. The van der Waals surface area contributed by atoms with Crippen LogP contribution in [0.4, 0.5) is 0 Å². The van der Waals surface area contributed by atoms with Gasteiger partial charge >= 0.3 is 0 Å². The first-order chi connectivity index (χ1) is 11.7.